The van der Waals surface area contributed by atoms with E-state index in [9.17, 15) is 14.4 Å². The van der Waals surface area contributed by atoms with Crippen LogP contribution in [0.2, 0.25) is 0 Å². The molecule has 1 amide bonds. The molecule has 7 heteroatoms. The number of carbonyl (C=O) groups excluding carboxylic acids is 1. The quantitative estimate of drug-likeness (QED) is 0.836. The number of nitrogens with zero attached hydrogens (tertiary/aromatic N) is 3. The molecular weight excluding hydrogens is 351 g/mol. The molecule has 1 aromatic heterocycles. The van der Waals surface area contributed by atoms with Crippen molar-refractivity contribution in [3.05, 3.63) is 47.4 Å². The summed E-state index contributed by atoms with van der Waals surface area (Å²) in [6, 6.07) is 9.74. The first-order valence-electron chi connectivity index (χ1n) is 8.52. The number of fused-ring (bicyclic) bond motifs is 2. The molecule has 0 spiro atoms. The predicted octanol–water partition coefficient (Wildman–Crippen LogP) is 3.52. The van der Waals surface area contributed by atoms with Crippen molar-refractivity contribution in [3.8, 4) is 6.07 Å². The minimum absolute atomic E-state index is 0.145. The SMILES string of the molecule is N#Cc1cc2c(nc1SCC(=O)Nc1ccc(F)cc1)C1CCN2CC1. The van der Waals surface area contributed by atoms with E-state index in [1.54, 1.807) is 0 Å². The van der Waals surface area contributed by atoms with Gasteiger partial charge in [-0.2, -0.15) is 5.26 Å². The van der Waals surface area contributed by atoms with E-state index in [2.05, 4.69) is 16.3 Å². The molecule has 0 atom stereocenters. The third kappa shape index (κ3) is 3.25. The van der Waals surface area contributed by atoms with Gasteiger partial charge in [-0.05, 0) is 43.2 Å². The molecule has 1 saturated heterocycles. The van der Waals surface area contributed by atoms with Crippen LogP contribution in [0.1, 0.15) is 30.0 Å². The van der Waals surface area contributed by atoms with Crippen LogP contribution in [0.5, 0.6) is 0 Å². The lowest BCUT2D eigenvalue weighted by molar-refractivity contribution is -0.113. The van der Waals surface area contributed by atoms with Crippen LogP contribution in [-0.4, -0.2) is 29.7 Å². The summed E-state index contributed by atoms with van der Waals surface area (Å²) < 4.78 is 12.9. The summed E-state index contributed by atoms with van der Waals surface area (Å²) in [5.74, 6) is 0.0384. The summed E-state index contributed by atoms with van der Waals surface area (Å²) in [5, 5.41) is 12.8. The third-order valence-corrected chi connectivity index (χ3v) is 5.80. The Hall–Kier alpha value is -2.59. The number of halogens is 1. The second-order valence-electron chi connectivity index (χ2n) is 6.46. The van der Waals surface area contributed by atoms with Crippen LogP contribution < -0.4 is 10.2 Å². The first kappa shape index (κ1) is 16.9. The van der Waals surface area contributed by atoms with E-state index in [0.717, 1.165) is 37.3 Å². The lowest BCUT2D eigenvalue weighted by atomic mass is 9.86. The van der Waals surface area contributed by atoms with Crippen molar-refractivity contribution in [1.29, 1.82) is 5.26 Å². The van der Waals surface area contributed by atoms with Crippen LogP contribution in [0, 0.1) is 17.1 Å². The number of piperidine rings is 1. The average Bonchev–Trinajstić information content (AvgIpc) is 2.68. The van der Waals surface area contributed by atoms with E-state index in [0.29, 0.717) is 22.2 Å². The Balaban J connectivity index is 1.48. The van der Waals surface area contributed by atoms with Crippen molar-refractivity contribution in [2.24, 2.45) is 0 Å². The molecule has 26 heavy (non-hydrogen) atoms. The molecule has 0 unspecified atom stereocenters. The second-order valence-corrected chi connectivity index (χ2v) is 7.43. The zero-order valence-corrected chi connectivity index (χ0v) is 14.9. The largest absolute Gasteiger partial charge is 0.370 e. The fourth-order valence-corrected chi connectivity index (χ4v) is 4.26. The highest BCUT2D eigenvalue weighted by Gasteiger charge is 2.33. The lowest BCUT2D eigenvalue weighted by Gasteiger charge is -2.41. The number of nitriles is 1. The minimum atomic E-state index is -0.348. The van der Waals surface area contributed by atoms with Gasteiger partial charge in [-0.25, -0.2) is 9.37 Å². The maximum Gasteiger partial charge on any atom is 0.234 e. The van der Waals surface area contributed by atoms with E-state index in [4.69, 9.17) is 4.98 Å². The average molecular weight is 368 g/mol. The van der Waals surface area contributed by atoms with Gasteiger partial charge in [-0.3, -0.25) is 4.79 Å². The third-order valence-electron chi connectivity index (χ3n) is 4.81. The van der Waals surface area contributed by atoms with Gasteiger partial charge in [0, 0.05) is 24.7 Å². The van der Waals surface area contributed by atoms with E-state index in [1.165, 1.54) is 36.0 Å². The maximum atomic E-state index is 12.9. The van der Waals surface area contributed by atoms with Crippen LogP contribution in [0.4, 0.5) is 15.8 Å². The van der Waals surface area contributed by atoms with Crippen LogP contribution in [-0.2, 0) is 4.79 Å². The highest BCUT2D eigenvalue weighted by atomic mass is 32.2. The number of hydrogen-bond donors (Lipinski definition) is 1. The van der Waals surface area contributed by atoms with Crippen molar-refractivity contribution >= 4 is 29.0 Å². The number of amides is 1. The highest BCUT2D eigenvalue weighted by Crippen LogP contribution is 2.42. The molecule has 5 nitrogen and oxygen atoms in total. The van der Waals surface area contributed by atoms with Gasteiger partial charge >= 0.3 is 0 Å². The van der Waals surface area contributed by atoms with Crippen molar-refractivity contribution in [2.75, 3.05) is 29.1 Å². The highest BCUT2D eigenvalue weighted by molar-refractivity contribution is 8.00. The van der Waals surface area contributed by atoms with Gasteiger partial charge in [0.15, 0.2) is 0 Å². The number of carbonyl (C=O) groups is 1. The van der Waals surface area contributed by atoms with Gasteiger partial charge in [0.05, 0.1) is 22.7 Å². The number of rotatable bonds is 4. The van der Waals surface area contributed by atoms with Crippen molar-refractivity contribution in [2.45, 2.75) is 23.8 Å². The molecule has 5 rings (SSSR count). The number of aromatic nitrogens is 1. The number of hydrogen-bond acceptors (Lipinski definition) is 5. The summed E-state index contributed by atoms with van der Waals surface area (Å²) in [7, 11) is 0. The smallest absolute Gasteiger partial charge is 0.234 e. The monoisotopic (exact) mass is 368 g/mol. The number of pyridine rings is 1. The molecule has 0 radical (unpaired) electrons. The fraction of sp³-hybridized carbons (Fsp3) is 0.316. The maximum absolute atomic E-state index is 12.9. The normalized spacial score (nSPS) is 15.5. The number of anilines is 2. The topological polar surface area (TPSA) is 69.0 Å². The Kier molecular flexibility index (Phi) is 4.51. The van der Waals surface area contributed by atoms with Crippen molar-refractivity contribution < 1.29 is 9.18 Å². The summed E-state index contributed by atoms with van der Waals surface area (Å²) >= 11 is 1.26. The summed E-state index contributed by atoms with van der Waals surface area (Å²) in [6.07, 6.45) is 2.20. The lowest BCUT2D eigenvalue weighted by Crippen LogP contribution is -2.39. The van der Waals surface area contributed by atoms with Gasteiger partial charge in [-0.15, -0.1) is 0 Å². The first-order valence-corrected chi connectivity index (χ1v) is 9.51. The summed E-state index contributed by atoms with van der Waals surface area (Å²) in [4.78, 5) is 19.2. The fourth-order valence-electron chi connectivity index (χ4n) is 3.50. The standard InChI is InChI=1S/C19H17FN4OS/c20-14-1-3-15(4-2-14)22-17(25)11-26-19-13(10-21)9-16-18(23-19)12-5-7-24(16)8-6-12/h1-4,9,12H,5-8,11H2,(H,22,25). The van der Waals surface area contributed by atoms with Crippen LogP contribution in [0.25, 0.3) is 0 Å². The number of thioether (sulfide) groups is 1. The van der Waals surface area contributed by atoms with Crippen molar-refractivity contribution in [3.63, 3.8) is 0 Å². The molecule has 4 heterocycles. The van der Waals surface area contributed by atoms with E-state index in [1.807, 2.05) is 6.07 Å². The van der Waals surface area contributed by atoms with E-state index in [-0.39, 0.29) is 17.5 Å². The molecule has 2 bridgehead atoms. The molecule has 0 saturated carbocycles. The molecule has 3 aliphatic heterocycles. The molecule has 1 N–H and O–H groups in total. The second kappa shape index (κ2) is 6.96. The van der Waals surface area contributed by atoms with Gasteiger partial charge in [0.1, 0.15) is 16.9 Å². The van der Waals surface area contributed by atoms with Crippen LogP contribution >= 0.6 is 11.8 Å². The zero-order chi connectivity index (χ0) is 18.1. The predicted molar refractivity (Wildman–Crippen MR) is 98.9 cm³/mol. The van der Waals surface area contributed by atoms with Crippen molar-refractivity contribution in [1.82, 2.24) is 4.98 Å². The van der Waals surface area contributed by atoms with Gasteiger partial charge < -0.3 is 10.2 Å². The Morgan fingerprint density at radius 2 is 2.08 bits per heavy atom. The van der Waals surface area contributed by atoms with Crippen LogP contribution in [0.3, 0.4) is 0 Å². The Bertz CT molecular complexity index is 886. The first-order chi connectivity index (χ1) is 12.6. The summed E-state index contributed by atoms with van der Waals surface area (Å²) in [6.45, 7) is 2.05. The van der Waals surface area contributed by atoms with Gasteiger partial charge in [-0.1, -0.05) is 11.8 Å². The molecule has 2 aromatic rings. The Morgan fingerprint density at radius 1 is 1.35 bits per heavy atom. The van der Waals surface area contributed by atoms with Crippen LogP contribution in [0.15, 0.2) is 35.4 Å². The van der Waals surface area contributed by atoms with E-state index < -0.39 is 0 Å². The molecule has 132 valence electrons. The minimum Gasteiger partial charge on any atom is -0.370 e. The Labute approximate surface area is 155 Å². The molecule has 1 aromatic carbocycles. The molecular formula is C19H17FN4OS. The molecule has 1 fully saturated rings. The molecule has 0 aliphatic carbocycles. The molecule has 3 aliphatic rings. The van der Waals surface area contributed by atoms with E-state index >= 15 is 0 Å². The summed E-state index contributed by atoms with van der Waals surface area (Å²) in [5.41, 5.74) is 3.18. The number of benzene rings is 1. The number of nitrogens with one attached hydrogen (secondary N) is 1. The van der Waals surface area contributed by atoms with Gasteiger partial charge in [0.25, 0.3) is 0 Å². The zero-order valence-electron chi connectivity index (χ0n) is 14.0. The van der Waals surface area contributed by atoms with Gasteiger partial charge in [0.2, 0.25) is 5.91 Å². The Morgan fingerprint density at radius 3 is 2.77 bits per heavy atom.